The molecule has 0 fully saturated rings. The van der Waals surface area contributed by atoms with E-state index < -0.39 is 89.0 Å². The van der Waals surface area contributed by atoms with Gasteiger partial charge in [0.2, 0.25) is 9.05 Å². The van der Waals surface area contributed by atoms with Crippen LogP contribution >= 0.6 is 159 Å². The van der Waals surface area contributed by atoms with E-state index >= 15 is 0 Å². The number of quaternary nitrogens is 2. The number of Topliss-reactive ketones (excluding diaryl/α,β-unsaturated/α-hetero) is 1. The van der Waals surface area contributed by atoms with Crippen LogP contribution < -0.4 is 152 Å². The Balaban J connectivity index is 0.00000164. The standard InChI is InChI=1S/C25H19Cl2FN4O.C15H10BrCl2FN2O.C10H11BN2O2.C9H9Cl2FO3S.C8H7Cl2FO.C8H5Cl2FO.C7H5BrN2O.C6H15N.CH3ClO2S.CH2O3.B.2K.Na.2H/c1-16(24-20(26)7-8-21(28)25(24)27)32(33)10-9-22-23(32)11-18(12-29-22)19-13-30-31(15-19)14-17-5-3-2-4-6-17;1-8(14-10(17)2-3-11(19)15(14)18)21(22)5-4-12-13(21)6-9(16)7-20-12;14-11(15)10-6-12-13(8-10)7-9-4-2-1-3-5-9;1-5(15-16(2,13)14)8-6(10)3-4-7(12)9(8)11;2*1-4(12)7-5(9)2-3-6(11)8(7)10;8-5-3-7-6(9-4-5)1-2-10(7)11;1-4-7(5-2)6-3;1-5(2,3)4;2-1-4-3;;;;;;/h2-13,15-16H,14H2,1H3;2-8H,1H3;1-6,8,14-15H,7H2;3-5H,1-2H3;2-4,12H,1H3;2-3H,1H3;1-4,11H;4-6H2,1-3H3;1H3;1,3H;;;;;;/q;;;;;;;;;;;3*+1;2*-1/p-1. The van der Waals surface area contributed by atoms with Crippen LogP contribution in [0.15, 0.2) is 217 Å². The first-order chi connectivity index (χ1) is 64.3. The Bertz CT molecular complexity index is 6640. The van der Waals surface area contributed by atoms with Gasteiger partial charge >= 0.3 is 139 Å². The molecule has 0 saturated carbocycles. The molecule has 3 radical (unpaired) electrons. The number of nitrogens with zero attached hydrogens (tertiary/aromatic N) is 11. The van der Waals surface area contributed by atoms with E-state index in [9.17, 15) is 64.3 Å². The SMILES string of the molecule is CC(=O)c1c(Cl)ccc(F)c1Cl.CC(O)c1c(Cl)ccc(F)c1Cl.CC(OS(C)(=O)=O)c1c(Cl)ccc(F)c1Cl.CC(c1c(Cl)ccc(F)c1Cl)[N+]1([O-])C=Cc2ncc(-c3cnn(Cc4ccccc4)c3)cc21.CC(c1c(Cl)ccc(F)c1Cl)[N+]1([O-])C=Cc2ncc(Br)cc21.CCN(CC)CC.CS(=O)(=O)Cl.O=CO[O-].OB(O)c1cnn(Cc2ccccc2)c1.On1ccc2ncc(Br)cc21.[B].[H-].[H-].[K+].[K+].[Na+]. The number of halogens is 18. The number of carbonyl (C=O) groups is 2. The Labute approximate surface area is 996 Å². The van der Waals surface area contributed by atoms with Gasteiger partial charge in [-0.05, 0) is 170 Å². The predicted molar refractivity (Wildman–Crippen MR) is 547 cm³/mol. The van der Waals surface area contributed by atoms with Crippen LogP contribution in [0.25, 0.3) is 34.3 Å². The monoisotopic (exact) mass is 2390 g/mol. The van der Waals surface area contributed by atoms with Crippen LogP contribution in [-0.2, 0) is 46.1 Å². The van der Waals surface area contributed by atoms with Crippen molar-refractivity contribution in [3.63, 3.8) is 0 Å². The third-order valence-corrected chi connectivity index (χ3v) is 24.5. The van der Waals surface area contributed by atoms with Crippen molar-refractivity contribution >= 4 is 246 Å². The van der Waals surface area contributed by atoms with Gasteiger partial charge in [0.1, 0.15) is 76.6 Å². The number of hydrogen-bond donors (Lipinski definition) is 4. The molecular formula is C90H87B2Br2Cl11F5K2N11NaO15S2. The fraction of sp³-hybridized carbons (Fsp3) is 0.211. The van der Waals surface area contributed by atoms with Crippen molar-refractivity contribution in [1.29, 1.82) is 0 Å². The molecule has 739 valence electrons. The summed E-state index contributed by atoms with van der Waals surface area (Å²) in [6, 6.07) is 38.0. The molecule has 6 unspecified atom stereocenters. The zero-order chi connectivity index (χ0) is 102. The Kier molecular flexibility index (Phi) is 59.7. The normalized spacial score (nSPS) is 14.0. The first-order valence-electron chi connectivity index (χ1n) is 39.9. The first kappa shape index (κ1) is 133. The number of aliphatic hydroxyl groups is 1. The molecule has 0 aliphatic carbocycles. The number of pyridine rings is 3. The summed E-state index contributed by atoms with van der Waals surface area (Å²) in [5.74, 6) is -3.44. The minimum atomic E-state index is -3.66. The molecule has 141 heavy (non-hydrogen) atoms. The van der Waals surface area contributed by atoms with Crippen LogP contribution in [-0.4, -0.2) is 141 Å². The molecule has 4 N–H and O–H groups in total. The Hall–Kier alpha value is -3.93. The van der Waals surface area contributed by atoms with Gasteiger partial charge in [-0.3, -0.25) is 37.4 Å². The summed E-state index contributed by atoms with van der Waals surface area (Å²) >= 11 is 65.1. The van der Waals surface area contributed by atoms with E-state index in [1.54, 1.807) is 86.1 Å². The van der Waals surface area contributed by atoms with Crippen molar-refractivity contribution in [2.24, 2.45) is 0 Å². The van der Waals surface area contributed by atoms with Gasteiger partial charge in [-0.15, -0.1) is 0 Å². The molecular weight excluding hydrogens is 2310 g/mol. The summed E-state index contributed by atoms with van der Waals surface area (Å²) in [6.07, 6.45) is 19.6. The summed E-state index contributed by atoms with van der Waals surface area (Å²) in [5, 5.41) is 80.7. The average Bonchev–Trinajstić information content (AvgIpc) is 1.62. The van der Waals surface area contributed by atoms with Gasteiger partial charge in [-0.2, -0.15) is 23.3 Å². The quantitative estimate of drug-likeness (QED) is 0.00475. The Morgan fingerprint density at radius 2 is 0.936 bits per heavy atom. The first-order valence-corrected chi connectivity index (χ1v) is 49.8. The second-order valence-electron chi connectivity index (χ2n) is 29.0. The minimum absolute atomic E-state index is 0. The summed E-state index contributed by atoms with van der Waals surface area (Å²) in [4.78, 5) is 37.3. The van der Waals surface area contributed by atoms with Gasteiger partial charge in [-0.1, -0.05) is 197 Å². The van der Waals surface area contributed by atoms with Crippen molar-refractivity contribution in [2.75, 3.05) is 32.1 Å². The van der Waals surface area contributed by atoms with Gasteiger partial charge in [0.25, 0.3) is 16.6 Å². The molecule has 6 aromatic heterocycles. The summed E-state index contributed by atoms with van der Waals surface area (Å²) in [7, 11) is -3.80. The van der Waals surface area contributed by atoms with Crippen LogP contribution in [0.5, 0.6) is 0 Å². The summed E-state index contributed by atoms with van der Waals surface area (Å²) in [5.41, 5.74) is 8.75. The molecule has 15 rings (SSSR count). The molecule has 26 nitrogen and oxygen atoms in total. The van der Waals surface area contributed by atoms with Crippen molar-refractivity contribution in [1.82, 2.24) is 53.4 Å². The number of benzene rings is 7. The van der Waals surface area contributed by atoms with Crippen LogP contribution in [0, 0.1) is 39.5 Å². The second kappa shape index (κ2) is 63.3. The van der Waals surface area contributed by atoms with Crippen molar-refractivity contribution in [3.8, 4) is 11.1 Å². The maximum atomic E-state index is 14.1. The number of aromatic nitrogens is 8. The van der Waals surface area contributed by atoms with E-state index in [1.807, 2.05) is 77.6 Å². The van der Waals surface area contributed by atoms with Gasteiger partial charge in [0, 0.05) is 133 Å². The van der Waals surface area contributed by atoms with Crippen molar-refractivity contribution < 1.29 is 218 Å². The molecule has 0 saturated heterocycles. The third-order valence-electron chi connectivity index (χ3n) is 19.4. The van der Waals surface area contributed by atoms with E-state index in [0.29, 0.717) is 51.3 Å². The van der Waals surface area contributed by atoms with E-state index in [4.69, 9.17) is 136 Å². The fourth-order valence-electron chi connectivity index (χ4n) is 12.7. The molecule has 0 spiro atoms. The maximum Gasteiger partial charge on any atom is 1.00 e. The average molecular weight is 2390 g/mol. The maximum absolute atomic E-state index is 14.1. The second-order valence-corrected chi connectivity index (χ2v) is 39.4. The smallest absolute Gasteiger partial charge is 1.00 e. The van der Waals surface area contributed by atoms with Crippen LogP contribution in [0.3, 0.4) is 0 Å². The Morgan fingerprint density at radius 3 is 1.33 bits per heavy atom. The Morgan fingerprint density at radius 1 is 0.560 bits per heavy atom. The number of hydrogen-bond acceptors (Lipinski definition) is 21. The van der Waals surface area contributed by atoms with Crippen LogP contribution in [0.1, 0.15) is 138 Å². The zero-order valence-electron chi connectivity index (χ0n) is 79.2. The molecule has 0 bridgehead atoms. The van der Waals surface area contributed by atoms with Gasteiger partial charge in [0.15, 0.2) is 17.2 Å². The minimum Gasteiger partial charge on any atom is -1.00 e. The predicted octanol–water partition coefficient (Wildman–Crippen LogP) is 15.0. The van der Waals surface area contributed by atoms with E-state index in [0.717, 1.165) is 67.7 Å². The number of hydroxylamine groups is 4. The van der Waals surface area contributed by atoms with Gasteiger partial charge in [0.05, 0.1) is 100 Å². The molecule has 6 atom stereocenters. The molecule has 7 aromatic carbocycles. The van der Waals surface area contributed by atoms with Crippen molar-refractivity contribution in [3.05, 3.63) is 357 Å². The number of carbonyl (C=O) groups excluding carboxylic acids is 2. The van der Waals surface area contributed by atoms with E-state index in [1.165, 1.54) is 101 Å². The fourth-order valence-corrected chi connectivity index (χ4v) is 17.3. The number of rotatable bonds is 19. The van der Waals surface area contributed by atoms with E-state index in [2.05, 4.69) is 102 Å². The molecule has 0 amide bonds. The number of aliphatic hydroxyl groups excluding tert-OH is 1. The van der Waals surface area contributed by atoms with Crippen molar-refractivity contribution in [2.45, 2.75) is 92.8 Å². The molecule has 13 aromatic rings. The molecule has 2 aliphatic heterocycles. The summed E-state index contributed by atoms with van der Waals surface area (Å²) in [6.45, 7) is 18.7. The largest absolute Gasteiger partial charge is 1.00 e. The molecule has 2 aliphatic rings. The zero-order valence-corrected chi connectivity index (χ0v) is 98.5. The molecule has 8 heterocycles. The third kappa shape index (κ3) is 40.1. The van der Waals surface area contributed by atoms with E-state index in [-0.39, 0.29) is 234 Å². The van der Waals surface area contributed by atoms with Crippen LogP contribution in [0.2, 0.25) is 50.2 Å². The topological polar surface area (TPSA) is 353 Å². The van der Waals surface area contributed by atoms with Gasteiger partial charge < -0.3 is 48.7 Å². The summed E-state index contributed by atoms with van der Waals surface area (Å²) < 4.78 is 116. The number of fused-ring (bicyclic) bond motifs is 3. The molecule has 51 heteroatoms. The van der Waals surface area contributed by atoms with Crippen LogP contribution in [0.4, 0.5) is 33.3 Å². The number of ketones is 1. The van der Waals surface area contributed by atoms with Gasteiger partial charge in [-0.25, -0.2) is 40.3 Å².